The molecule has 0 spiro atoms. The number of hydrogen-bond donors (Lipinski definition) is 1. The van der Waals surface area contributed by atoms with Crippen LogP contribution >= 0.6 is 24.0 Å². The average Bonchev–Trinajstić information content (AvgIpc) is 2.82. The van der Waals surface area contributed by atoms with Crippen LogP contribution in [0.5, 0.6) is 5.75 Å². The Morgan fingerprint density at radius 2 is 2.08 bits per heavy atom. The van der Waals surface area contributed by atoms with E-state index in [1.54, 1.807) is 13.2 Å². The smallest absolute Gasteiger partial charge is 0.323 e. The topological polar surface area (TPSA) is 66.8 Å². The van der Waals surface area contributed by atoms with Crippen molar-refractivity contribution in [3.8, 4) is 5.75 Å². The maximum atomic E-state index is 12.4. The molecule has 1 aliphatic heterocycles. The molecule has 0 radical (unpaired) electrons. The molecule has 1 fully saturated rings. The summed E-state index contributed by atoms with van der Waals surface area (Å²) in [5.74, 6) is -0.838. The van der Waals surface area contributed by atoms with E-state index in [4.69, 9.17) is 22.1 Å². The third-order valence-corrected chi connectivity index (χ3v) is 4.95. The van der Waals surface area contributed by atoms with Gasteiger partial charge in [0.15, 0.2) is 0 Å². The van der Waals surface area contributed by atoms with Gasteiger partial charge in [0.2, 0.25) is 0 Å². The van der Waals surface area contributed by atoms with Gasteiger partial charge >= 0.3 is 5.97 Å². The average molecular weight is 359 g/mol. The number of hydrogen-bond acceptors (Lipinski definition) is 5. The normalized spacial score (nSPS) is 16.2. The third-order valence-electron chi connectivity index (χ3n) is 3.57. The van der Waals surface area contributed by atoms with Crippen LogP contribution in [-0.2, 0) is 9.59 Å². The summed E-state index contributed by atoms with van der Waals surface area (Å²) in [4.78, 5) is 24.7. The number of thioether (sulfide) groups is 1. The fourth-order valence-electron chi connectivity index (χ4n) is 2.51. The fourth-order valence-corrected chi connectivity index (χ4v) is 3.76. The van der Waals surface area contributed by atoms with Gasteiger partial charge in [-0.25, -0.2) is 0 Å². The lowest BCUT2D eigenvalue weighted by Gasteiger charge is -2.11. The standard InChI is InChI=1S/C17H13NO4S2/c1-22-15-11(7-6-10-4-2-3-5-12(10)15)8-13-16(21)18(9-14(19)20)17(23)24-13/h2-8H,9H2,1H3,(H,19,20)/b13-8+. The highest BCUT2D eigenvalue weighted by Gasteiger charge is 2.33. The number of methoxy groups -OCH3 is 1. The van der Waals surface area contributed by atoms with E-state index in [0.717, 1.165) is 33.0 Å². The molecular formula is C17H13NO4S2. The number of fused-ring (bicyclic) bond motifs is 1. The van der Waals surface area contributed by atoms with E-state index in [1.807, 2.05) is 36.4 Å². The van der Waals surface area contributed by atoms with E-state index in [9.17, 15) is 9.59 Å². The van der Waals surface area contributed by atoms with Gasteiger partial charge in [-0.15, -0.1) is 0 Å². The molecule has 1 saturated heterocycles. The largest absolute Gasteiger partial charge is 0.495 e. The van der Waals surface area contributed by atoms with Gasteiger partial charge in [0, 0.05) is 10.9 Å². The fraction of sp³-hybridized carbons (Fsp3) is 0.118. The maximum Gasteiger partial charge on any atom is 0.323 e. The Morgan fingerprint density at radius 3 is 2.79 bits per heavy atom. The van der Waals surface area contributed by atoms with Crippen LogP contribution in [0.3, 0.4) is 0 Å². The number of amides is 1. The molecule has 1 N–H and O–H groups in total. The molecule has 0 saturated carbocycles. The van der Waals surface area contributed by atoms with Crippen molar-refractivity contribution >= 4 is 57.0 Å². The van der Waals surface area contributed by atoms with Crippen molar-refractivity contribution in [2.75, 3.05) is 13.7 Å². The highest BCUT2D eigenvalue weighted by Crippen LogP contribution is 2.36. The van der Waals surface area contributed by atoms with Gasteiger partial charge in [-0.3, -0.25) is 14.5 Å². The van der Waals surface area contributed by atoms with E-state index in [-0.39, 0.29) is 4.32 Å². The number of rotatable bonds is 4. The minimum atomic E-state index is -1.10. The van der Waals surface area contributed by atoms with E-state index >= 15 is 0 Å². The lowest BCUT2D eigenvalue weighted by molar-refractivity contribution is -0.140. The highest BCUT2D eigenvalue weighted by atomic mass is 32.2. The van der Waals surface area contributed by atoms with Crippen LogP contribution in [0, 0.1) is 0 Å². The van der Waals surface area contributed by atoms with Gasteiger partial charge in [0.1, 0.15) is 16.6 Å². The van der Waals surface area contributed by atoms with Crippen LogP contribution in [0.15, 0.2) is 41.3 Å². The SMILES string of the molecule is COc1c(/C=C2/SC(=S)N(CC(=O)O)C2=O)ccc2ccccc12. The molecule has 24 heavy (non-hydrogen) atoms. The number of benzene rings is 2. The van der Waals surface area contributed by atoms with Crippen LogP contribution in [0.2, 0.25) is 0 Å². The quantitative estimate of drug-likeness (QED) is 0.668. The van der Waals surface area contributed by atoms with Crippen molar-refractivity contribution in [3.63, 3.8) is 0 Å². The van der Waals surface area contributed by atoms with Gasteiger partial charge in [0.05, 0.1) is 12.0 Å². The number of carbonyl (C=O) groups is 2. The Bertz CT molecular complexity index is 891. The van der Waals surface area contributed by atoms with Crippen molar-refractivity contribution in [3.05, 3.63) is 46.9 Å². The third kappa shape index (κ3) is 3.00. The molecule has 2 aromatic carbocycles. The molecule has 5 nitrogen and oxygen atoms in total. The molecule has 0 atom stereocenters. The number of nitrogens with zero attached hydrogens (tertiary/aromatic N) is 1. The minimum Gasteiger partial charge on any atom is -0.495 e. The van der Waals surface area contributed by atoms with E-state index in [0.29, 0.717) is 10.7 Å². The lowest BCUT2D eigenvalue weighted by atomic mass is 10.0. The second-order valence-electron chi connectivity index (χ2n) is 5.07. The summed E-state index contributed by atoms with van der Waals surface area (Å²) >= 11 is 6.19. The Morgan fingerprint density at radius 1 is 1.33 bits per heavy atom. The van der Waals surface area contributed by atoms with Crippen LogP contribution in [0.4, 0.5) is 0 Å². The summed E-state index contributed by atoms with van der Waals surface area (Å²) in [6.45, 7) is -0.434. The molecule has 0 aliphatic carbocycles. The number of aliphatic carboxylic acids is 1. The minimum absolute atomic E-state index is 0.244. The van der Waals surface area contributed by atoms with Crippen molar-refractivity contribution in [2.45, 2.75) is 0 Å². The molecule has 0 bridgehead atoms. The summed E-state index contributed by atoms with van der Waals surface area (Å²) in [6.07, 6.45) is 1.69. The van der Waals surface area contributed by atoms with Crippen LogP contribution < -0.4 is 4.74 Å². The molecule has 2 aromatic rings. The number of carboxylic acids is 1. The zero-order valence-corrected chi connectivity index (χ0v) is 14.3. The molecule has 7 heteroatoms. The van der Waals surface area contributed by atoms with Gasteiger partial charge < -0.3 is 9.84 Å². The Labute approximate surface area is 147 Å². The highest BCUT2D eigenvalue weighted by molar-refractivity contribution is 8.26. The molecule has 122 valence electrons. The second-order valence-corrected chi connectivity index (χ2v) is 6.75. The number of thiocarbonyl (C=S) groups is 1. The first-order valence-corrected chi connectivity index (χ1v) is 8.26. The second kappa shape index (κ2) is 6.62. The van der Waals surface area contributed by atoms with Crippen molar-refractivity contribution < 1.29 is 19.4 Å². The van der Waals surface area contributed by atoms with Crippen molar-refractivity contribution in [1.82, 2.24) is 4.90 Å². The van der Waals surface area contributed by atoms with Crippen LogP contribution in [0.1, 0.15) is 5.56 Å². The van der Waals surface area contributed by atoms with E-state index < -0.39 is 18.4 Å². The van der Waals surface area contributed by atoms with Gasteiger partial charge in [-0.05, 0) is 11.5 Å². The predicted molar refractivity (Wildman–Crippen MR) is 98.0 cm³/mol. The van der Waals surface area contributed by atoms with Crippen molar-refractivity contribution in [2.24, 2.45) is 0 Å². The lowest BCUT2D eigenvalue weighted by Crippen LogP contribution is -2.33. The van der Waals surface area contributed by atoms with Crippen molar-refractivity contribution in [1.29, 1.82) is 0 Å². The molecule has 0 unspecified atom stereocenters. The molecule has 1 heterocycles. The van der Waals surface area contributed by atoms with Gasteiger partial charge in [-0.2, -0.15) is 0 Å². The molecule has 1 aliphatic rings. The van der Waals surface area contributed by atoms with Crippen LogP contribution in [0.25, 0.3) is 16.8 Å². The number of carboxylic acid groups (broad SMARTS) is 1. The van der Waals surface area contributed by atoms with Gasteiger partial charge in [-0.1, -0.05) is 60.4 Å². The van der Waals surface area contributed by atoms with E-state index in [1.165, 1.54) is 0 Å². The first-order valence-electron chi connectivity index (χ1n) is 7.04. The zero-order valence-electron chi connectivity index (χ0n) is 12.7. The summed E-state index contributed by atoms with van der Waals surface area (Å²) in [7, 11) is 1.58. The summed E-state index contributed by atoms with van der Waals surface area (Å²) in [5, 5.41) is 10.9. The molecular weight excluding hydrogens is 346 g/mol. The Hall–Kier alpha value is -2.38. The van der Waals surface area contributed by atoms with E-state index in [2.05, 4.69) is 0 Å². The molecule has 1 amide bonds. The Kier molecular flexibility index (Phi) is 4.55. The first kappa shape index (κ1) is 16.5. The van der Waals surface area contributed by atoms with Gasteiger partial charge in [0.25, 0.3) is 5.91 Å². The number of ether oxygens (including phenoxy) is 1. The first-order chi connectivity index (χ1) is 11.5. The summed E-state index contributed by atoms with van der Waals surface area (Å²) in [6, 6.07) is 11.6. The summed E-state index contributed by atoms with van der Waals surface area (Å²) < 4.78 is 5.76. The van der Waals surface area contributed by atoms with Crippen LogP contribution in [-0.4, -0.2) is 39.9 Å². The monoisotopic (exact) mass is 359 g/mol. The zero-order chi connectivity index (χ0) is 17.3. The summed E-state index contributed by atoms with van der Waals surface area (Å²) in [5.41, 5.74) is 0.743. The predicted octanol–water partition coefficient (Wildman–Crippen LogP) is 3.13. The molecule has 0 aromatic heterocycles. The Balaban J connectivity index is 2.03. The molecule has 3 rings (SSSR count). The number of carbonyl (C=O) groups excluding carboxylic acids is 1. The maximum absolute atomic E-state index is 12.4.